The van der Waals surface area contributed by atoms with E-state index in [2.05, 4.69) is 20.5 Å². The number of rotatable bonds is 14. The van der Waals surface area contributed by atoms with Gasteiger partial charge in [0.25, 0.3) is 11.8 Å². The predicted molar refractivity (Wildman–Crippen MR) is 172 cm³/mol. The van der Waals surface area contributed by atoms with Gasteiger partial charge >= 0.3 is 0 Å². The maximum atomic E-state index is 12.4. The molecule has 0 fully saturated rings. The molecule has 0 aliphatic rings. The minimum Gasteiger partial charge on any atom is -0.497 e. The van der Waals surface area contributed by atoms with Gasteiger partial charge in [-0.15, -0.1) is 20.5 Å². The van der Waals surface area contributed by atoms with Crippen LogP contribution in [0.2, 0.25) is 0 Å². The zero-order valence-corrected chi connectivity index (χ0v) is 26.8. The lowest BCUT2D eigenvalue weighted by molar-refractivity contribution is -0.119. The SMILES string of the molecule is COc1ccc2c(c1)c(N=NC(=O)CCCCCCCC(=O)N=Nc1c(O)n(C(C)C)c3ccc(OC)cc13)c(O)n2C(C)C. The van der Waals surface area contributed by atoms with Crippen LogP contribution in [0.25, 0.3) is 21.8 Å². The van der Waals surface area contributed by atoms with Crippen molar-refractivity contribution in [3.05, 3.63) is 36.4 Å². The molecular weight excluding hydrogens is 576 g/mol. The molecule has 0 aliphatic carbocycles. The molecule has 2 aromatic heterocycles. The largest absolute Gasteiger partial charge is 0.497 e. The van der Waals surface area contributed by atoms with E-state index in [1.54, 1.807) is 35.5 Å². The van der Waals surface area contributed by atoms with Gasteiger partial charge in [0.1, 0.15) is 11.5 Å². The molecule has 2 N–H and O–H groups in total. The van der Waals surface area contributed by atoms with Crippen molar-refractivity contribution >= 4 is 45.0 Å². The normalized spacial score (nSPS) is 12.1. The van der Waals surface area contributed by atoms with Crippen molar-refractivity contribution in [2.24, 2.45) is 20.5 Å². The Morgan fingerprint density at radius 2 is 1.04 bits per heavy atom. The summed E-state index contributed by atoms with van der Waals surface area (Å²) in [4.78, 5) is 24.8. The molecule has 0 unspecified atom stereocenters. The fourth-order valence-corrected chi connectivity index (χ4v) is 5.42. The average molecular weight is 619 g/mol. The van der Waals surface area contributed by atoms with Crippen molar-refractivity contribution in [2.45, 2.75) is 84.7 Å². The van der Waals surface area contributed by atoms with Crippen molar-refractivity contribution in [3.63, 3.8) is 0 Å². The van der Waals surface area contributed by atoms with Gasteiger partial charge in [-0.25, -0.2) is 0 Å². The number of aromatic hydroxyl groups is 2. The lowest BCUT2D eigenvalue weighted by Crippen LogP contribution is -1.99. The molecule has 0 atom stereocenters. The lowest BCUT2D eigenvalue weighted by atomic mass is 10.1. The van der Waals surface area contributed by atoms with E-state index in [4.69, 9.17) is 9.47 Å². The Labute approximate surface area is 262 Å². The maximum Gasteiger partial charge on any atom is 0.264 e. The Hall–Kier alpha value is -4.74. The van der Waals surface area contributed by atoms with E-state index in [-0.39, 0.29) is 59.9 Å². The molecule has 0 spiro atoms. The van der Waals surface area contributed by atoms with Crippen molar-refractivity contribution < 1.29 is 29.3 Å². The number of unbranched alkanes of at least 4 members (excludes halogenated alkanes) is 4. The van der Waals surface area contributed by atoms with Crippen LogP contribution >= 0.6 is 0 Å². The maximum absolute atomic E-state index is 12.4. The fourth-order valence-electron chi connectivity index (χ4n) is 5.42. The molecule has 45 heavy (non-hydrogen) atoms. The Bertz CT molecular complexity index is 1610. The van der Waals surface area contributed by atoms with Gasteiger partial charge in [-0.2, -0.15) is 0 Å². The molecule has 12 nitrogen and oxygen atoms in total. The second kappa shape index (κ2) is 14.8. The Morgan fingerprint density at radius 3 is 1.40 bits per heavy atom. The molecular formula is C33H42N6O6. The van der Waals surface area contributed by atoms with Crippen molar-refractivity contribution in [2.75, 3.05) is 14.2 Å². The van der Waals surface area contributed by atoms with Gasteiger partial charge < -0.3 is 28.8 Å². The first kappa shape index (κ1) is 33.2. The topological polar surface area (TPSA) is 152 Å². The van der Waals surface area contributed by atoms with E-state index >= 15 is 0 Å². The zero-order valence-electron chi connectivity index (χ0n) is 26.8. The Morgan fingerprint density at radius 1 is 0.667 bits per heavy atom. The summed E-state index contributed by atoms with van der Waals surface area (Å²) in [7, 11) is 3.13. The summed E-state index contributed by atoms with van der Waals surface area (Å²) in [5.74, 6) is 0.421. The fraction of sp³-hybridized carbons (Fsp3) is 0.455. The summed E-state index contributed by atoms with van der Waals surface area (Å²) < 4.78 is 14.1. The molecule has 4 aromatic rings. The number of benzene rings is 2. The van der Waals surface area contributed by atoms with Crippen LogP contribution < -0.4 is 9.47 Å². The quantitative estimate of drug-likeness (QED) is 0.106. The first-order valence-corrected chi connectivity index (χ1v) is 15.3. The van der Waals surface area contributed by atoms with Gasteiger partial charge in [-0.05, 0) is 76.9 Å². The number of azo groups is 2. The molecule has 2 heterocycles. The number of methoxy groups -OCH3 is 2. The number of nitrogens with zero attached hydrogens (tertiary/aromatic N) is 6. The summed E-state index contributed by atoms with van der Waals surface area (Å²) >= 11 is 0. The highest BCUT2D eigenvalue weighted by atomic mass is 16.5. The number of fused-ring (bicyclic) bond motifs is 2. The van der Waals surface area contributed by atoms with E-state index in [1.165, 1.54) is 0 Å². The third kappa shape index (κ3) is 7.50. The highest BCUT2D eigenvalue weighted by molar-refractivity contribution is 5.97. The first-order valence-electron chi connectivity index (χ1n) is 15.3. The van der Waals surface area contributed by atoms with Crippen LogP contribution in [0.15, 0.2) is 56.9 Å². The number of aromatic nitrogens is 2. The van der Waals surface area contributed by atoms with Crippen LogP contribution in [-0.2, 0) is 9.59 Å². The number of hydrogen-bond donors (Lipinski definition) is 2. The van der Waals surface area contributed by atoms with Gasteiger partial charge in [-0.3, -0.25) is 9.59 Å². The zero-order chi connectivity index (χ0) is 32.7. The smallest absolute Gasteiger partial charge is 0.264 e. The molecule has 0 saturated carbocycles. The second-order valence-electron chi connectivity index (χ2n) is 11.5. The summed E-state index contributed by atoms with van der Waals surface area (Å²) in [6, 6.07) is 10.8. The van der Waals surface area contributed by atoms with Crippen LogP contribution in [0, 0.1) is 0 Å². The highest BCUT2D eigenvalue weighted by Gasteiger charge is 2.21. The average Bonchev–Trinajstić information content (AvgIpc) is 3.46. The number of carbonyl (C=O) groups excluding carboxylic acids is 2. The van der Waals surface area contributed by atoms with Crippen molar-refractivity contribution in [3.8, 4) is 23.3 Å². The minimum atomic E-state index is -0.363. The van der Waals surface area contributed by atoms with Gasteiger partial charge in [0.05, 0.1) is 25.3 Å². The van der Waals surface area contributed by atoms with Crippen LogP contribution in [0.1, 0.15) is 84.7 Å². The molecule has 2 amide bonds. The van der Waals surface area contributed by atoms with E-state index in [0.29, 0.717) is 35.1 Å². The van der Waals surface area contributed by atoms with Crippen LogP contribution in [0.4, 0.5) is 11.4 Å². The Kier molecular flexibility index (Phi) is 10.9. The number of amides is 2. The molecule has 4 rings (SSSR count). The molecule has 12 heteroatoms. The molecule has 0 aliphatic heterocycles. The Balaban J connectivity index is 1.24. The summed E-state index contributed by atoms with van der Waals surface area (Å²) in [5.41, 5.74) is 2.05. The van der Waals surface area contributed by atoms with Gasteiger partial charge in [0.2, 0.25) is 11.8 Å². The summed E-state index contributed by atoms with van der Waals surface area (Å²) in [6.45, 7) is 7.80. The van der Waals surface area contributed by atoms with Crippen molar-refractivity contribution in [1.82, 2.24) is 9.13 Å². The lowest BCUT2D eigenvalue weighted by Gasteiger charge is -2.10. The molecule has 0 bridgehead atoms. The predicted octanol–water partition coefficient (Wildman–Crippen LogP) is 8.84. The van der Waals surface area contributed by atoms with Gasteiger partial charge in [0, 0.05) is 35.7 Å². The monoisotopic (exact) mass is 618 g/mol. The van der Waals surface area contributed by atoms with Gasteiger partial charge in [-0.1, -0.05) is 19.3 Å². The third-order valence-corrected chi connectivity index (χ3v) is 7.65. The van der Waals surface area contributed by atoms with Crippen LogP contribution in [0.5, 0.6) is 23.3 Å². The van der Waals surface area contributed by atoms with Crippen LogP contribution in [0.3, 0.4) is 0 Å². The minimum absolute atomic E-state index is 0.0187. The molecule has 240 valence electrons. The van der Waals surface area contributed by atoms with Crippen LogP contribution in [-0.4, -0.2) is 45.4 Å². The van der Waals surface area contributed by atoms with Gasteiger partial charge in [0.15, 0.2) is 11.4 Å². The van der Waals surface area contributed by atoms with E-state index in [9.17, 15) is 19.8 Å². The number of hydrogen-bond acceptors (Lipinski definition) is 8. The molecule has 0 radical (unpaired) electrons. The van der Waals surface area contributed by atoms with E-state index < -0.39 is 0 Å². The van der Waals surface area contributed by atoms with E-state index in [1.807, 2.05) is 52.0 Å². The van der Waals surface area contributed by atoms with E-state index in [0.717, 1.165) is 30.3 Å². The number of carbonyl (C=O) groups is 2. The number of ether oxygens (including phenoxy) is 2. The molecule has 2 aromatic carbocycles. The highest BCUT2D eigenvalue weighted by Crippen LogP contribution is 2.43. The van der Waals surface area contributed by atoms with Crippen molar-refractivity contribution in [1.29, 1.82) is 0 Å². The standard InChI is InChI=1S/C33H42N6O6/c1-20(2)38-26-16-14-22(44-5)18-24(26)30(32(38)42)36-34-28(40)12-10-8-7-9-11-13-29(41)35-37-31-25-19-23(45-6)15-17-27(25)39(21(3)4)33(31)43/h14-21,42-43H,7-13H2,1-6H3. The summed E-state index contributed by atoms with van der Waals surface area (Å²) in [5, 5.41) is 38.8. The first-order chi connectivity index (χ1) is 21.6. The summed E-state index contributed by atoms with van der Waals surface area (Å²) in [6.07, 6.45) is 4.21. The molecule has 0 saturated heterocycles. The third-order valence-electron chi connectivity index (χ3n) is 7.65. The second-order valence-corrected chi connectivity index (χ2v) is 11.5.